The number of carbonyl (C=O) groups is 1. The van der Waals surface area contributed by atoms with Gasteiger partial charge >= 0.3 is 0 Å². The van der Waals surface area contributed by atoms with Gasteiger partial charge in [0.05, 0.1) is 32.7 Å². The summed E-state index contributed by atoms with van der Waals surface area (Å²) in [6, 6.07) is 4.97. The van der Waals surface area contributed by atoms with E-state index in [1.54, 1.807) is 0 Å². The molecule has 0 saturated carbocycles. The summed E-state index contributed by atoms with van der Waals surface area (Å²) in [5.74, 6) is -2.55. The van der Waals surface area contributed by atoms with Crippen LogP contribution in [0.2, 0.25) is 0 Å². The van der Waals surface area contributed by atoms with Crippen LogP contribution in [0, 0.1) is 38.8 Å². The zero-order chi connectivity index (χ0) is 21.3. The number of halogens is 2. The molecule has 0 saturated heterocycles. The standard InChI is InChI=1S/C17H10F2N4O5S/c1-8-10(5-9(22(25)26)6-14(8)23(27)28)16(24)21-17-20-13(7-29-17)15-11(18)3-2-4-12(15)19/h2-7H,1H3,(H,20,21,24). The van der Waals surface area contributed by atoms with E-state index in [4.69, 9.17) is 0 Å². The van der Waals surface area contributed by atoms with Crippen LogP contribution in [0.25, 0.3) is 11.3 Å². The molecule has 12 heteroatoms. The van der Waals surface area contributed by atoms with E-state index in [1.807, 2.05) is 0 Å². The molecule has 3 aromatic rings. The van der Waals surface area contributed by atoms with Crippen molar-refractivity contribution in [2.24, 2.45) is 0 Å². The van der Waals surface area contributed by atoms with Gasteiger partial charge in [0.15, 0.2) is 5.13 Å². The molecular weight excluding hydrogens is 410 g/mol. The third kappa shape index (κ3) is 3.91. The second kappa shape index (κ2) is 7.67. The molecule has 0 radical (unpaired) electrons. The van der Waals surface area contributed by atoms with Gasteiger partial charge in [0.1, 0.15) is 11.6 Å². The van der Waals surface area contributed by atoms with Crippen molar-refractivity contribution in [2.45, 2.75) is 6.92 Å². The third-order valence-corrected chi connectivity index (χ3v) is 4.72. The maximum Gasteiger partial charge on any atom is 0.279 e. The van der Waals surface area contributed by atoms with Crippen LogP contribution in [-0.4, -0.2) is 20.7 Å². The van der Waals surface area contributed by atoms with Crippen LogP contribution >= 0.6 is 11.3 Å². The molecule has 0 spiro atoms. The maximum atomic E-state index is 13.9. The summed E-state index contributed by atoms with van der Waals surface area (Å²) in [5.41, 5.74) is -2.00. The molecule has 29 heavy (non-hydrogen) atoms. The minimum atomic E-state index is -0.885. The molecule has 1 heterocycles. The van der Waals surface area contributed by atoms with E-state index in [2.05, 4.69) is 10.3 Å². The van der Waals surface area contributed by atoms with Crippen molar-refractivity contribution >= 4 is 33.8 Å². The summed E-state index contributed by atoms with van der Waals surface area (Å²) in [6.45, 7) is 1.28. The Labute approximate surface area is 164 Å². The van der Waals surface area contributed by atoms with Gasteiger partial charge in [0, 0.05) is 17.0 Å². The summed E-state index contributed by atoms with van der Waals surface area (Å²) >= 11 is 0.868. The monoisotopic (exact) mass is 420 g/mol. The highest BCUT2D eigenvalue weighted by atomic mass is 32.1. The smallest absolute Gasteiger partial charge is 0.279 e. The van der Waals surface area contributed by atoms with Crippen molar-refractivity contribution in [3.8, 4) is 11.3 Å². The zero-order valence-corrected chi connectivity index (χ0v) is 15.3. The van der Waals surface area contributed by atoms with Crippen molar-refractivity contribution in [3.05, 3.63) is 78.7 Å². The maximum absolute atomic E-state index is 13.9. The van der Waals surface area contributed by atoms with Crippen molar-refractivity contribution in [3.63, 3.8) is 0 Å². The van der Waals surface area contributed by atoms with E-state index in [0.29, 0.717) is 0 Å². The highest BCUT2D eigenvalue weighted by molar-refractivity contribution is 7.14. The Morgan fingerprint density at radius 2 is 1.79 bits per heavy atom. The average molecular weight is 420 g/mol. The fraction of sp³-hybridized carbons (Fsp3) is 0.0588. The molecule has 0 aliphatic rings. The third-order valence-electron chi connectivity index (χ3n) is 3.96. The van der Waals surface area contributed by atoms with Crippen LogP contribution in [0.5, 0.6) is 0 Å². The molecule has 9 nitrogen and oxygen atoms in total. The molecule has 0 atom stereocenters. The SMILES string of the molecule is Cc1c(C(=O)Nc2nc(-c3c(F)cccc3F)cs2)cc([N+](=O)[O-])cc1[N+](=O)[O-]. The first kappa shape index (κ1) is 19.9. The van der Waals surface area contributed by atoms with Gasteiger partial charge in [-0.05, 0) is 19.1 Å². The number of carbonyl (C=O) groups excluding carboxylic acids is 1. The Kier molecular flexibility index (Phi) is 5.28. The number of nitro benzene ring substituents is 2. The van der Waals surface area contributed by atoms with Gasteiger partial charge in [-0.3, -0.25) is 30.3 Å². The molecule has 0 aliphatic carbocycles. The largest absolute Gasteiger partial charge is 0.298 e. The number of nitrogens with one attached hydrogen (secondary N) is 1. The number of amides is 1. The molecule has 1 N–H and O–H groups in total. The number of rotatable bonds is 5. The van der Waals surface area contributed by atoms with E-state index in [9.17, 15) is 33.8 Å². The number of anilines is 1. The van der Waals surface area contributed by atoms with Crippen molar-refractivity contribution in [2.75, 3.05) is 5.32 Å². The number of hydrogen-bond acceptors (Lipinski definition) is 7. The second-order valence-corrected chi connectivity index (χ2v) is 6.60. The second-order valence-electron chi connectivity index (χ2n) is 5.74. The van der Waals surface area contributed by atoms with Gasteiger partial charge in [0.25, 0.3) is 17.3 Å². The Morgan fingerprint density at radius 3 is 2.38 bits per heavy atom. The number of nitrogens with zero attached hydrogens (tertiary/aromatic N) is 3. The Hall–Kier alpha value is -3.80. The fourth-order valence-corrected chi connectivity index (χ4v) is 3.26. The normalized spacial score (nSPS) is 10.6. The van der Waals surface area contributed by atoms with Crippen molar-refractivity contribution < 1.29 is 23.4 Å². The van der Waals surface area contributed by atoms with E-state index >= 15 is 0 Å². The van der Waals surface area contributed by atoms with Gasteiger partial charge < -0.3 is 0 Å². The molecule has 148 valence electrons. The van der Waals surface area contributed by atoms with Gasteiger partial charge in [-0.2, -0.15) is 0 Å². The predicted molar refractivity (Wildman–Crippen MR) is 99.9 cm³/mol. The highest BCUT2D eigenvalue weighted by Gasteiger charge is 2.25. The molecule has 1 amide bonds. The van der Waals surface area contributed by atoms with Gasteiger partial charge in [-0.15, -0.1) is 11.3 Å². The molecule has 1 aromatic heterocycles. The van der Waals surface area contributed by atoms with Gasteiger partial charge in [-0.25, -0.2) is 13.8 Å². The van der Waals surface area contributed by atoms with Crippen molar-refractivity contribution in [1.82, 2.24) is 4.98 Å². The van der Waals surface area contributed by atoms with Crippen LogP contribution in [0.1, 0.15) is 15.9 Å². The first-order valence-corrected chi connectivity index (χ1v) is 8.71. The van der Waals surface area contributed by atoms with E-state index in [0.717, 1.165) is 35.6 Å². The molecular formula is C17H10F2N4O5S. The molecule has 2 aromatic carbocycles. The summed E-state index contributed by atoms with van der Waals surface area (Å²) < 4.78 is 27.8. The predicted octanol–water partition coefficient (Wildman–Crippen LogP) is 4.47. The summed E-state index contributed by atoms with van der Waals surface area (Å²) in [7, 11) is 0. The first-order chi connectivity index (χ1) is 13.7. The topological polar surface area (TPSA) is 128 Å². The Morgan fingerprint density at radius 1 is 1.14 bits per heavy atom. The summed E-state index contributed by atoms with van der Waals surface area (Å²) in [4.78, 5) is 36.9. The molecule has 3 rings (SSSR count). The minimum absolute atomic E-state index is 0.0405. The Bertz CT molecular complexity index is 1140. The lowest BCUT2D eigenvalue weighted by atomic mass is 10.0. The quantitative estimate of drug-likeness (QED) is 0.479. The first-order valence-electron chi connectivity index (χ1n) is 7.83. The Balaban J connectivity index is 1.95. The summed E-state index contributed by atoms with van der Waals surface area (Å²) in [6.07, 6.45) is 0. The van der Waals surface area contributed by atoms with Crippen LogP contribution in [0.3, 0.4) is 0 Å². The molecule has 0 unspecified atom stereocenters. The minimum Gasteiger partial charge on any atom is -0.298 e. The lowest BCUT2D eigenvalue weighted by Crippen LogP contribution is -2.14. The fourth-order valence-electron chi connectivity index (χ4n) is 2.57. The van der Waals surface area contributed by atoms with Crippen LogP contribution in [0.15, 0.2) is 35.7 Å². The lowest BCUT2D eigenvalue weighted by molar-refractivity contribution is -0.394. The number of benzene rings is 2. The number of thiazole rings is 1. The number of aromatic nitrogens is 1. The summed E-state index contributed by atoms with van der Waals surface area (Å²) in [5, 5.41) is 25.8. The molecule has 0 bridgehead atoms. The van der Waals surface area contributed by atoms with Crippen LogP contribution in [-0.2, 0) is 0 Å². The average Bonchev–Trinajstić information content (AvgIpc) is 3.09. The lowest BCUT2D eigenvalue weighted by Gasteiger charge is -2.06. The highest BCUT2D eigenvalue weighted by Crippen LogP contribution is 2.31. The van der Waals surface area contributed by atoms with E-state index in [1.165, 1.54) is 18.4 Å². The van der Waals surface area contributed by atoms with Crippen molar-refractivity contribution in [1.29, 1.82) is 0 Å². The van der Waals surface area contributed by atoms with Crippen LogP contribution < -0.4 is 5.32 Å². The van der Waals surface area contributed by atoms with Crippen LogP contribution in [0.4, 0.5) is 25.3 Å². The molecule has 0 fully saturated rings. The zero-order valence-electron chi connectivity index (χ0n) is 14.5. The van der Waals surface area contributed by atoms with E-state index in [-0.39, 0.29) is 27.5 Å². The van der Waals surface area contributed by atoms with E-state index < -0.39 is 38.8 Å². The van der Waals surface area contributed by atoms with Gasteiger partial charge in [-0.1, -0.05) is 6.07 Å². The molecule has 0 aliphatic heterocycles. The number of nitro groups is 2. The van der Waals surface area contributed by atoms with Gasteiger partial charge in [0.2, 0.25) is 0 Å². The number of non-ortho nitro benzene ring substituents is 1. The number of hydrogen-bond donors (Lipinski definition) is 1.